The van der Waals surface area contributed by atoms with Gasteiger partial charge in [0, 0.05) is 6.54 Å². The van der Waals surface area contributed by atoms with E-state index in [0.29, 0.717) is 0 Å². The van der Waals surface area contributed by atoms with Gasteiger partial charge in [-0.3, -0.25) is 0 Å². The molecule has 0 aromatic rings. The van der Waals surface area contributed by atoms with E-state index in [0.717, 1.165) is 26.0 Å². The number of likely N-dealkylation sites (N-methyl/N-ethyl adjacent to an activating group) is 1. The van der Waals surface area contributed by atoms with Crippen molar-refractivity contribution < 1.29 is 14.3 Å². The van der Waals surface area contributed by atoms with Crippen LogP contribution in [0.3, 0.4) is 0 Å². The molecule has 0 amide bonds. The third-order valence-electron chi connectivity index (χ3n) is 1.06. The molecule has 11 heavy (non-hydrogen) atoms. The van der Waals surface area contributed by atoms with Gasteiger partial charge in [0.15, 0.2) is 6.29 Å². The Labute approximate surface area is 66.9 Å². The molecule has 0 aromatic heterocycles. The lowest BCUT2D eigenvalue weighted by Crippen LogP contribution is -2.23. The molecule has 0 unspecified atom stereocenters. The predicted octanol–water partition coefficient (Wildman–Crippen LogP) is -0.216. The van der Waals surface area contributed by atoms with E-state index >= 15 is 0 Å². The van der Waals surface area contributed by atoms with Crippen LogP contribution in [0.25, 0.3) is 0 Å². The highest BCUT2D eigenvalue weighted by atomic mass is 16.7. The fourth-order valence-electron chi connectivity index (χ4n) is 0.692. The van der Waals surface area contributed by atoms with Crippen molar-refractivity contribution in [1.29, 1.82) is 0 Å². The van der Waals surface area contributed by atoms with Crippen molar-refractivity contribution in [3.8, 4) is 0 Å². The Morgan fingerprint density at radius 3 is 2.36 bits per heavy atom. The summed E-state index contributed by atoms with van der Waals surface area (Å²) in [6.07, 6.45) is 0.750. The van der Waals surface area contributed by atoms with Crippen LogP contribution in [0.4, 0.5) is 0 Å². The molecule has 1 fully saturated rings. The smallest absolute Gasteiger partial charge is 0.170 e. The molecule has 0 bridgehead atoms. The molecule has 4 heteroatoms. The van der Waals surface area contributed by atoms with E-state index < -0.39 is 0 Å². The molecule has 1 rings (SSSR count). The average Bonchev–Trinajstić information content (AvgIpc) is 2.42. The second-order valence-corrected chi connectivity index (χ2v) is 1.96. The van der Waals surface area contributed by atoms with Crippen LogP contribution in [-0.4, -0.2) is 39.4 Å². The van der Waals surface area contributed by atoms with Crippen molar-refractivity contribution >= 4 is 6.29 Å². The first-order chi connectivity index (χ1) is 5.35. The molecular formula is C7H15NO3. The molecule has 4 nitrogen and oxygen atoms in total. The SMILES string of the molecule is CC=O.CNCC1OCCO1. The lowest BCUT2D eigenvalue weighted by Gasteiger charge is -2.05. The van der Waals surface area contributed by atoms with Gasteiger partial charge in [0.25, 0.3) is 0 Å². The van der Waals surface area contributed by atoms with Gasteiger partial charge in [-0.15, -0.1) is 0 Å². The first kappa shape index (κ1) is 10.6. The van der Waals surface area contributed by atoms with Gasteiger partial charge in [0.2, 0.25) is 0 Å². The van der Waals surface area contributed by atoms with Crippen LogP contribution in [0.2, 0.25) is 0 Å². The van der Waals surface area contributed by atoms with E-state index in [1.54, 1.807) is 0 Å². The third kappa shape index (κ3) is 5.97. The summed E-state index contributed by atoms with van der Waals surface area (Å²) < 4.78 is 10.2. The zero-order valence-corrected chi connectivity index (χ0v) is 7.00. The van der Waals surface area contributed by atoms with Gasteiger partial charge in [-0.1, -0.05) is 0 Å². The molecule has 1 heterocycles. The minimum atomic E-state index is -0.000000000000000222. The minimum absolute atomic E-state index is 0.000000000000000222. The van der Waals surface area contributed by atoms with Gasteiger partial charge in [0.05, 0.1) is 13.2 Å². The highest BCUT2D eigenvalue weighted by Crippen LogP contribution is 2.00. The van der Waals surface area contributed by atoms with Gasteiger partial charge in [-0.25, -0.2) is 0 Å². The fourth-order valence-corrected chi connectivity index (χ4v) is 0.692. The molecular weight excluding hydrogens is 146 g/mol. The van der Waals surface area contributed by atoms with Crippen LogP contribution in [0.5, 0.6) is 0 Å². The van der Waals surface area contributed by atoms with E-state index in [2.05, 4.69) is 5.32 Å². The molecule has 1 aliphatic rings. The zero-order chi connectivity index (χ0) is 8.53. The number of ether oxygens (including phenoxy) is 2. The van der Waals surface area contributed by atoms with Gasteiger partial charge in [-0.2, -0.15) is 0 Å². The third-order valence-corrected chi connectivity index (χ3v) is 1.06. The van der Waals surface area contributed by atoms with Crippen LogP contribution in [-0.2, 0) is 14.3 Å². The largest absolute Gasteiger partial charge is 0.349 e. The molecule has 0 radical (unpaired) electrons. The second-order valence-electron chi connectivity index (χ2n) is 1.96. The molecule has 0 aromatic carbocycles. The highest BCUT2D eigenvalue weighted by molar-refractivity contribution is 5.44. The standard InChI is InChI=1S/C5H11NO2.C2H4O/c1-6-4-5-7-2-3-8-5;1-2-3/h5-6H,2-4H2,1H3;2H,1H3. The molecule has 0 spiro atoms. The first-order valence-corrected chi connectivity index (χ1v) is 3.62. The Balaban J connectivity index is 0.000000292. The van der Waals surface area contributed by atoms with Crippen LogP contribution < -0.4 is 5.32 Å². The summed E-state index contributed by atoms with van der Waals surface area (Å²) in [6, 6.07) is 0. The van der Waals surface area contributed by atoms with Gasteiger partial charge < -0.3 is 19.6 Å². The lowest BCUT2D eigenvalue weighted by molar-refractivity contribution is -0.106. The Kier molecular flexibility index (Phi) is 7.34. The summed E-state index contributed by atoms with van der Waals surface area (Å²) >= 11 is 0. The maximum atomic E-state index is 8.81. The minimum Gasteiger partial charge on any atom is -0.349 e. The van der Waals surface area contributed by atoms with Crippen molar-refractivity contribution in [2.24, 2.45) is 0 Å². The average molecular weight is 161 g/mol. The Morgan fingerprint density at radius 1 is 1.55 bits per heavy atom. The van der Waals surface area contributed by atoms with Gasteiger partial charge in [0.1, 0.15) is 6.29 Å². The van der Waals surface area contributed by atoms with E-state index in [9.17, 15) is 0 Å². The van der Waals surface area contributed by atoms with E-state index in [1.807, 2.05) is 7.05 Å². The van der Waals surface area contributed by atoms with Gasteiger partial charge in [-0.05, 0) is 14.0 Å². The monoisotopic (exact) mass is 161 g/mol. The van der Waals surface area contributed by atoms with E-state index in [1.165, 1.54) is 6.92 Å². The fraction of sp³-hybridized carbons (Fsp3) is 0.857. The summed E-state index contributed by atoms with van der Waals surface area (Å²) in [4.78, 5) is 8.81. The predicted molar refractivity (Wildman–Crippen MR) is 41.4 cm³/mol. The Bertz CT molecular complexity index is 91.7. The summed E-state index contributed by atoms with van der Waals surface area (Å²) in [7, 11) is 1.88. The summed E-state index contributed by atoms with van der Waals surface area (Å²) in [5.74, 6) is 0. The number of rotatable bonds is 2. The molecule has 0 atom stereocenters. The lowest BCUT2D eigenvalue weighted by atomic mass is 10.6. The highest BCUT2D eigenvalue weighted by Gasteiger charge is 2.13. The molecule has 66 valence electrons. The normalized spacial score (nSPS) is 17.3. The maximum absolute atomic E-state index is 8.81. The zero-order valence-electron chi connectivity index (χ0n) is 7.00. The maximum Gasteiger partial charge on any atom is 0.170 e. The molecule has 1 aliphatic heterocycles. The summed E-state index contributed by atoms with van der Waals surface area (Å²) in [5.41, 5.74) is 0. The number of aldehydes is 1. The van der Waals surface area contributed by atoms with Crippen molar-refractivity contribution in [1.82, 2.24) is 5.32 Å². The van der Waals surface area contributed by atoms with E-state index in [-0.39, 0.29) is 6.29 Å². The Hall–Kier alpha value is -0.450. The summed E-state index contributed by atoms with van der Waals surface area (Å²) in [5, 5.41) is 2.96. The van der Waals surface area contributed by atoms with Gasteiger partial charge >= 0.3 is 0 Å². The van der Waals surface area contributed by atoms with Crippen LogP contribution in [0, 0.1) is 0 Å². The second kappa shape index (κ2) is 7.65. The van der Waals surface area contributed by atoms with Crippen LogP contribution in [0.15, 0.2) is 0 Å². The number of carbonyl (C=O) groups excluding carboxylic acids is 1. The molecule has 0 aliphatic carbocycles. The van der Waals surface area contributed by atoms with Crippen molar-refractivity contribution in [2.75, 3.05) is 26.8 Å². The number of hydrogen-bond acceptors (Lipinski definition) is 4. The van der Waals surface area contributed by atoms with Crippen LogP contribution in [0.1, 0.15) is 6.92 Å². The quantitative estimate of drug-likeness (QED) is 0.569. The number of nitrogens with one attached hydrogen (secondary N) is 1. The van der Waals surface area contributed by atoms with Crippen molar-refractivity contribution in [2.45, 2.75) is 13.2 Å². The number of carbonyl (C=O) groups is 1. The van der Waals surface area contributed by atoms with E-state index in [4.69, 9.17) is 14.3 Å². The Morgan fingerprint density at radius 2 is 2.00 bits per heavy atom. The molecule has 0 saturated carbocycles. The molecule has 1 saturated heterocycles. The number of hydrogen-bond donors (Lipinski definition) is 1. The molecule has 1 N–H and O–H groups in total. The van der Waals surface area contributed by atoms with Crippen molar-refractivity contribution in [3.05, 3.63) is 0 Å². The van der Waals surface area contributed by atoms with Crippen molar-refractivity contribution in [3.63, 3.8) is 0 Å². The topological polar surface area (TPSA) is 47.6 Å². The first-order valence-electron chi connectivity index (χ1n) is 3.62. The summed E-state index contributed by atoms with van der Waals surface area (Å²) in [6.45, 7) is 3.72. The van der Waals surface area contributed by atoms with Crippen LogP contribution >= 0.6 is 0 Å².